The Hall–Kier alpha value is -1.69. The van der Waals surface area contributed by atoms with Gasteiger partial charge in [-0.25, -0.2) is 0 Å². The van der Waals surface area contributed by atoms with Crippen molar-refractivity contribution in [1.29, 1.82) is 0 Å². The van der Waals surface area contributed by atoms with Crippen molar-refractivity contribution in [3.05, 3.63) is 30.1 Å². The summed E-state index contributed by atoms with van der Waals surface area (Å²) in [5.74, 6) is 0.459. The van der Waals surface area contributed by atoms with Gasteiger partial charge in [0.15, 0.2) is 11.1 Å². The van der Waals surface area contributed by atoms with Crippen molar-refractivity contribution in [2.24, 2.45) is 10.7 Å². The first-order valence-corrected chi connectivity index (χ1v) is 6.85. The Morgan fingerprint density at radius 3 is 2.74 bits per heavy atom. The zero-order valence-electron chi connectivity index (χ0n) is 11.5. The topological polar surface area (TPSA) is 66.5 Å². The van der Waals surface area contributed by atoms with Crippen molar-refractivity contribution >= 4 is 23.3 Å². The zero-order chi connectivity index (χ0) is 14.1. The summed E-state index contributed by atoms with van der Waals surface area (Å²) in [7, 11) is 0. The van der Waals surface area contributed by atoms with Crippen LogP contribution in [-0.2, 0) is 6.42 Å². The Morgan fingerprint density at radius 2 is 2.16 bits per heavy atom. The van der Waals surface area contributed by atoms with Gasteiger partial charge in [-0.3, -0.25) is 4.98 Å². The second kappa shape index (κ2) is 8.42. The van der Waals surface area contributed by atoms with E-state index in [2.05, 4.69) is 15.3 Å². The van der Waals surface area contributed by atoms with Gasteiger partial charge in [0.2, 0.25) is 0 Å². The first kappa shape index (κ1) is 15.4. The minimum Gasteiger partial charge on any atom is -0.369 e. The molecule has 1 aromatic rings. The van der Waals surface area contributed by atoms with Gasteiger partial charge in [0.25, 0.3) is 0 Å². The quantitative estimate of drug-likeness (QED) is 0.481. The average molecular weight is 279 g/mol. The fraction of sp³-hybridized carbons (Fsp3) is 0.462. The van der Waals surface area contributed by atoms with Crippen LogP contribution in [0.3, 0.4) is 0 Å². The molecule has 0 saturated carbocycles. The molecule has 0 atom stereocenters. The number of nitrogens with zero attached hydrogens (tertiary/aromatic N) is 3. The highest BCUT2D eigenvalue weighted by atomic mass is 32.1. The van der Waals surface area contributed by atoms with E-state index in [-0.39, 0.29) is 0 Å². The molecule has 6 heteroatoms. The molecule has 0 aliphatic rings. The fourth-order valence-corrected chi connectivity index (χ4v) is 1.80. The number of hydrogen-bond donors (Lipinski definition) is 2. The predicted octanol–water partition coefficient (Wildman–Crippen LogP) is 1.16. The smallest absolute Gasteiger partial charge is 0.198 e. The molecule has 19 heavy (non-hydrogen) atoms. The summed E-state index contributed by atoms with van der Waals surface area (Å²) in [5.41, 5.74) is 6.89. The molecule has 0 saturated heterocycles. The van der Waals surface area contributed by atoms with E-state index in [1.54, 1.807) is 6.20 Å². The van der Waals surface area contributed by atoms with Crippen LogP contribution in [0.25, 0.3) is 0 Å². The van der Waals surface area contributed by atoms with Crippen LogP contribution >= 0.6 is 12.2 Å². The highest BCUT2D eigenvalue weighted by Gasteiger charge is 2.03. The Bertz CT molecular complexity index is 414. The van der Waals surface area contributed by atoms with Crippen LogP contribution in [-0.4, -0.2) is 40.6 Å². The Balaban J connectivity index is 2.37. The van der Waals surface area contributed by atoms with Crippen molar-refractivity contribution < 1.29 is 0 Å². The van der Waals surface area contributed by atoms with E-state index in [0.717, 1.165) is 25.2 Å². The van der Waals surface area contributed by atoms with E-state index in [0.29, 0.717) is 17.6 Å². The molecule has 1 heterocycles. The lowest BCUT2D eigenvalue weighted by atomic mass is 10.3. The van der Waals surface area contributed by atoms with Gasteiger partial charge in [0.05, 0.1) is 0 Å². The maximum atomic E-state index is 5.86. The molecule has 0 spiro atoms. The van der Waals surface area contributed by atoms with Crippen LogP contribution in [0.1, 0.15) is 19.5 Å². The van der Waals surface area contributed by atoms with E-state index in [1.807, 2.05) is 36.9 Å². The highest BCUT2D eigenvalue weighted by molar-refractivity contribution is 7.80. The summed E-state index contributed by atoms with van der Waals surface area (Å²) >= 11 is 5.14. The molecule has 1 aromatic heterocycles. The number of pyridine rings is 1. The van der Waals surface area contributed by atoms with Crippen molar-refractivity contribution in [3.63, 3.8) is 0 Å². The lowest BCUT2D eigenvalue weighted by Crippen LogP contribution is -2.38. The van der Waals surface area contributed by atoms with Gasteiger partial charge in [-0.1, -0.05) is 6.07 Å². The number of guanidine groups is 1. The third kappa shape index (κ3) is 5.65. The van der Waals surface area contributed by atoms with Gasteiger partial charge in [0, 0.05) is 37.9 Å². The van der Waals surface area contributed by atoms with Crippen molar-refractivity contribution in [3.8, 4) is 0 Å². The molecule has 0 aliphatic heterocycles. The summed E-state index contributed by atoms with van der Waals surface area (Å²) in [4.78, 5) is 10.4. The summed E-state index contributed by atoms with van der Waals surface area (Å²) in [6.07, 6.45) is 2.59. The standard InChI is InChI=1S/C13H21N5S/c1-3-18(4-2)12(14)17-13(19)16-10-8-11-7-5-6-9-15-11/h5-7,9H,3-4,8,10H2,1-2H3,(H3,14,16,17,19). The Labute approximate surface area is 119 Å². The van der Waals surface area contributed by atoms with Gasteiger partial charge < -0.3 is 16.0 Å². The number of rotatable bonds is 5. The van der Waals surface area contributed by atoms with Crippen molar-refractivity contribution in [2.75, 3.05) is 19.6 Å². The van der Waals surface area contributed by atoms with Crippen molar-refractivity contribution in [2.45, 2.75) is 20.3 Å². The second-order valence-electron chi connectivity index (χ2n) is 3.95. The Morgan fingerprint density at radius 1 is 1.42 bits per heavy atom. The molecular formula is C13H21N5S. The largest absolute Gasteiger partial charge is 0.369 e. The molecule has 1 rings (SSSR count). The molecule has 0 unspecified atom stereocenters. The maximum Gasteiger partial charge on any atom is 0.198 e. The van der Waals surface area contributed by atoms with Crippen LogP contribution in [0.15, 0.2) is 29.4 Å². The van der Waals surface area contributed by atoms with Crippen LogP contribution in [0.4, 0.5) is 0 Å². The molecule has 0 radical (unpaired) electrons. The lowest BCUT2D eigenvalue weighted by Gasteiger charge is -2.19. The molecule has 104 valence electrons. The first-order chi connectivity index (χ1) is 9.17. The summed E-state index contributed by atoms with van der Waals surface area (Å²) < 4.78 is 0. The van der Waals surface area contributed by atoms with Gasteiger partial charge >= 0.3 is 0 Å². The minimum absolute atomic E-state index is 0.417. The zero-order valence-corrected chi connectivity index (χ0v) is 12.3. The number of aliphatic imine (C=N–C) groups is 1. The maximum absolute atomic E-state index is 5.86. The minimum atomic E-state index is 0.417. The van der Waals surface area contributed by atoms with E-state index < -0.39 is 0 Å². The second-order valence-corrected chi connectivity index (χ2v) is 4.33. The van der Waals surface area contributed by atoms with Crippen LogP contribution in [0.5, 0.6) is 0 Å². The monoisotopic (exact) mass is 279 g/mol. The summed E-state index contributed by atoms with van der Waals surface area (Å²) in [6.45, 7) is 6.41. The summed E-state index contributed by atoms with van der Waals surface area (Å²) in [5, 5.41) is 3.48. The van der Waals surface area contributed by atoms with Crippen LogP contribution in [0, 0.1) is 0 Å². The van der Waals surface area contributed by atoms with Crippen LogP contribution < -0.4 is 11.1 Å². The SMILES string of the molecule is CCN(CC)C(N)=NC(=S)NCCc1ccccn1. The number of hydrogen-bond acceptors (Lipinski definition) is 2. The van der Waals surface area contributed by atoms with E-state index in [4.69, 9.17) is 18.0 Å². The number of nitrogens with two attached hydrogens (primary N) is 1. The normalized spacial score (nSPS) is 11.2. The number of thiocarbonyl (C=S) groups is 1. The fourth-order valence-electron chi connectivity index (χ4n) is 1.61. The molecule has 0 bridgehead atoms. The third-order valence-corrected chi connectivity index (χ3v) is 2.92. The van der Waals surface area contributed by atoms with Gasteiger partial charge in [-0.15, -0.1) is 0 Å². The third-order valence-electron chi connectivity index (χ3n) is 2.69. The van der Waals surface area contributed by atoms with Gasteiger partial charge in [0.1, 0.15) is 0 Å². The van der Waals surface area contributed by atoms with E-state index in [9.17, 15) is 0 Å². The predicted molar refractivity (Wildman–Crippen MR) is 83.1 cm³/mol. The number of aromatic nitrogens is 1. The molecule has 0 aromatic carbocycles. The molecule has 3 N–H and O–H groups in total. The average Bonchev–Trinajstić information content (AvgIpc) is 2.41. The molecule has 0 amide bonds. The number of nitrogens with one attached hydrogen (secondary N) is 1. The van der Waals surface area contributed by atoms with Crippen molar-refractivity contribution in [1.82, 2.24) is 15.2 Å². The van der Waals surface area contributed by atoms with Crippen LogP contribution in [0.2, 0.25) is 0 Å². The molecule has 5 nitrogen and oxygen atoms in total. The molecule has 0 aliphatic carbocycles. The highest BCUT2D eigenvalue weighted by Crippen LogP contribution is 1.93. The Kier molecular flexibility index (Phi) is 6.81. The van der Waals surface area contributed by atoms with Gasteiger partial charge in [-0.2, -0.15) is 4.99 Å². The van der Waals surface area contributed by atoms with E-state index >= 15 is 0 Å². The molecule has 0 fully saturated rings. The lowest BCUT2D eigenvalue weighted by molar-refractivity contribution is 0.461. The first-order valence-electron chi connectivity index (χ1n) is 6.44. The van der Waals surface area contributed by atoms with Gasteiger partial charge in [-0.05, 0) is 38.2 Å². The van der Waals surface area contributed by atoms with E-state index in [1.165, 1.54) is 0 Å². The summed E-state index contributed by atoms with van der Waals surface area (Å²) in [6, 6.07) is 5.85. The molecular weight excluding hydrogens is 258 g/mol.